The summed E-state index contributed by atoms with van der Waals surface area (Å²) in [5.74, 6) is 0.607. The average molecular weight is 250 g/mol. The predicted molar refractivity (Wildman–Crippen MR) is 70.5 cm³/mol. The molecule has 1 aliphatic heterocycles. The zero-order valence-electron chi connectivity index (χ0n) is 11.2. The Morgan fingerprint density at radius 1 is 1.61 bits per heavy atom. The highest BCUT2D eigenvalue weighted by molar-refractivity contribution is 5.92. The molecule has 100 valence electrons. The van der Waals surface area contributed by atoms with Gasteiger partial charge in [-0.25, -0.2) is 0 Å². The Bertz CT molecular complexity index is 395. The minimum atomic E-state index is 0.0347. The molecule has 1 atom stereocenters. The molecule has 1 aliphatic rings. The van der Waals surface area contributed by atoms with Crippen LogP contribution in [0, 0.1) is 12.8 Å². The van der Waals surface area contributed by atoms with Crippen molar-refractivity contribution < 1.29 is 4.79 Å². The summed E-state index contributed by atoms with van der Waals surface area (Å²) in [4.78, 5) is 14.2. The highest BCUT2D eigenvalue weighted by Gasteiger charge is 2.21. The van der Waals surface area contributed by atoms with E-state index in [9.17, 15) is 4.79 Å². The van der Waals surface area contributed by atoms with Crippen molar-refractivity contribution in [2.45, 2.75) is 26.7 Å². The van der Waals surface area contributed by atoms with Gasteiger partial charge in [0, 0.05) is 18.8 Å². The topological polar surface area (TPSA) is 61.0 Å². The molecular formula is C13H22N4O. The van der Waals surface area contributed by atoms with Gasteiger partial charge in [-0.05, 0) is 51.8 Å². The molecule has 1 aromatic heterocycles. The molecule has 2 heterocycles. The first-order valence-corrected chi connectivity index (χ1v) is 6.72. The average Bonchev–Trinajstić information content (AvgIpc) is 2.83. The number of piperidine rings is 1. The molecule has 1 aromatic rings. The van der Waals surface area contributed by atoms with Crippen LogP contribution in [0.4, 0.5) is 0 Å². The molecule has 0 aromatic carbocycles. The second-order valence-corrected chi connectivity index (χ2v) is 4.99. The molecule has 2 N–H and O–H groups in total. The zero-order valence-corrected chi connectivity index (χ0v) is 11.2. The number of carbonyl (C=O) groups is 1. The lowest BCUT2D eigenvalue weighted by Gasteiger charge is -2.29. The van der Waals surface area contributed by atoms with Crippen molar-refractivity contribution in [3.8, 4) is 0 Å². The Kier molecular flexibility index (Phi) is 4.36. The van der Waals surface area contributed by atoms with E-state index in [1.807, 2.05) is 24.8 Å². The summed E-state index contributed by atoms with van der Waals surface area (Å²) in [6.07, 6.45) is 2.41. The van der Waals surface area contributed by atoms with Gasteiger partial charge in [-0.15, -0.1) is 0 Å². The number of nitrogens with zero attached hydrogens (tertiary/aromatic N) is 2. The number of aromatic nitrogens is 2. The summed E-state index contributed by atoms with van der Waals surface area (Å²) < 4.78 is 0. The first-order chi connectivity index (χ1) is 8.70. The third-order valence-electron chi connectivity index (χ3n) is 3.47. The zero-order chi connectivity index (χ0) is 13.0. The minimum absolute atomic E-state index is 0.0347. The summed E-state index contributed by atoms with van der Waals surface area (Å²) in [6, 6.07) is 1.81. The van der Waals surface area contributed by atoms with Crippen LogP contribution in [-0.4, -0.2) is 47.2 Å². The molecule has 5 heteroatoms. The summed E-state index contributed by atoms with van der Waals surface area (Å²) in [7, 11) is 0. The van der Waals surface area contributed by atoms with Crippen LogP contribution in [0.2, 0.25) is 0 Å². The minimum Gasteiger partial charge on any atom is -0.337 e. The maximum absolute atomic E-state index is 12.3. The molecule has 0 aliphatic carbocycles. The van der Waals surface area contributed by atoms with Crippen molar-refractivity contribution in [3.05, 3.63) is 17.5 Å². The number of hydrogen-bond acceptors (Lipinski definition) is 3. The number of aromatic amines is 1. The lowest BCUT2D eigenvalue weighted by Crippen LogP contribution is -2.41. The van der Waals surface area contributed by atoms with Crippen LogP contribution in [0.5, 0.6) is 0 Å². The first-order valence-electron chi connectivity index (χ1n) is 6.72. The largest absolute Gasteiger partial charge is 0.337 e. The van der Waals surface area contributed by atoms with Crippen LogP contribution in [0.1, 0.15) is 35.9 Å². The molecule has 1 fully saturated rings. The van der Waals surface area contributed by atoms with E-state index >= 15 is 0 Å². The van der Waals surface area contributed by atoms with E-state index in [0.29, 0.717) is 11.6 Å². The van der Waals surface area contributed by atoms with Crippen LogP contribution >= 0.6 is 0 Å². The van der Waals surface area contributed by atoms with E-state index in [1.165, 1.54) is 12.8 Å². The normalized spacial score (nSPS) is 19.8. The summed E-state index contributed by atoms with van der Waals surface area (Å²) in [5.41, 5.74) is 1.45. The highest BCUT2D eigenvalue weighted by Crippen LogP contribution is 2.13. The third kappa shape index (κ3) is 3.10. The molecule has 0 bridgehead atoms. The molecule has 0 radical (unpaired) electrons. The lowest BCUT2D eigenvalue weighted by atomic mass is 9.99. The molecule has 18 heavy (non-hydrogen) atoms. The van der Waals surface area contributed by atoms with Crippen molar-refractivity contribution in [1.82, 2.24) is 20.4 Å². The molecule has 1 amide bonds. The summed E-state index contributed by atoms with van der Waals surface area (Å²) >= 11 is 0. The standard InChI is InChI=1S/C13H22N4O/c1-3-17(9-11-5-4-6-14-8-11)13(18)12-7-10(2)15-16-12/h7,11,14H,3-6,8-9H2,1-2H3,(H,15,16). The van der Waals surface area contributed by atoms with Gasteiger partial charge >= 0.3 is 0 Å². The van der Waals surface area contributed by atoms with Crippen LogP contribution < -0.4 is 5.32 Å². The first kappa shape index (κ1) is 13.1. The number of rotatable bonds is 4. The van der Waals surface area contributed by atoms with Crippen molar-refractivity contribution >= 4 is 5.91 Å². The molecule has 0 saturated carbocycles. The van der Waals surface area contributed by atoms with Gasteiger partial charge in [0.05, 0.1) is 0 Å². The van der Waals surface area contributed by atoms with Gasteiger partial charge in [0.15, 0.2) is 0 Å². The van der Waals surface area contributed by atoms with Crippen LogP contribution in [0.25, 0.3) is 0 Å². The number of aryl methyl sites for hydroxylation is 1. The van der Waals surface area contributed by atoms with Gasteiger partial charge in [0.2, 0.25) is 0 Å². The smallest absolute Gasteiger partial charge is 0.274 e. The quantitative estimate of drug-likeness (QED) is 0.843. The third-order valence-corrected chi connectivity index (χ3v) is 3.47. The Balaban J connectivity index is 1.97. The van der Waals surface area contributed by atoms with Gasteiger partial charge in [-0.1, -0.05) is 0 Å². The lowest BCUT2D eigenvalue weighted by molar-refractivity contribution is 0.0723. The predicted octanol–water partition coefficient (Wildman–Crippen LogP) is 1.18. The van der Waals surface area contributed by atoms with E-state index in [-0.39, 0.29) is 5.91 Å². The highest BCUT2D eigenvalue weighted by atomic mass is 16.2. The fourth-order valence-electron chi connectivity index (χ4n) is 2.44. The molecule has 2 rings (SSSR count). The molecular weight excluding hydrogens is 228 g/mol. The number of H-pyrrole nitrogens is 1. The van der Waals surface area contributed by atoms with Crippen molar-refractivity contribution in [1.29, 1.82) is 0 Å². The monoisotopic (exact) mass is 250 g/mol. The van der Waals surface area contributed by atoms with Gasteiger partial charge < -0.3 is 10.2 Å². The second-order valence-electron chi connectivity index (χ2n) is 4.99. The van der Waals surface area contributed by atoms with Crippen molar-refractivity contribution in [2.75, 3.05) is 26.2 Å². The Labute approximate surface area is 108 Å². The molecule has 0 spiro atoms. The molecule has 5 nitrogen and oxygen atoms in total. The van der Waals surface area contributed by atoms with Crippen LogP contribution in [0.15, 0.2) is 6.07 Å². The Hall–Kier alpha value is -1.36. The van der Waals surface area contributed by atoms with E-state index in [1.54, 1.807) is 0 Å². The van der Waals surface area contributed by atoms with Crippen LogP contribution in [-0.2, 0) is 0 Å². The van der Waals surface area contributed by atoms with E-state index in [4.69, 9.17) is 0 Å². The van der Waals surface area contributed by atoms with Gasteiger partial charge in [-0.2, -0.15) is 5.10 Å². The fourth-order valence-corrected chi connectivity index (χ4v) is 2.44. The summed E-state index contributed by atoms with van der Waals surface area (Å²) in [5, 5.41) is 10.3. The van der Waals surface area contributed by atoms with E-state index < -0.39 is 0 Å². The maximum atomic E-state index is 12.3. The maximum Gasteiger partial charge on any atom is 0.274 e. The van der Waals surface area contributed by atoms with E-state index in [2.05, 4.69) is 15.5 Å². The Morgan fingerprint density at radius 3 is 3.00 bits per heavy atom. The van der Waals surface area contributed by atoms with Gasteiger partial charge in [0.1, 0.15) is 5.69 Å². The van der Waals surface area contributed by atoms with E-state index in [0.717, 1.165) is 31.9 Å². The summed E-state index contributed by atoms with van der Waals surface area (Å²) in [6.45, 7) is 7.62. The van der Waals surface area contributed by atoms with Gasteiger partial charge in [-0.3, -0.25) is 9.89 Å². The number of nitrogens with one attached hydrogen (secondary N) is 2. The van der Waals surface area contributed by atoms with Crippen LogP contribution in [0.3, 0.4) is 0 Å². The molecule has 1 saturated heterocycles. The van der Waals surface area contributed by atoms with Crippen molar-refractivity contribution in [2.24, 2.45) is 5.92 Å². The molecule has 1 unspecified atom stereocenters. The Morgan fingerprint density at radius 2 is 2.44 bits per heavy atom. The number of hydrogen-bond donors (Lipinski definition) is 2. The SMILES string of the molecule is CCN(CC1CCCNC1)C(=O)c1cc(C)[nH]n1. The fraction of sp³-hybridized carbons (Fsp3) is 0.692. The number of carbonyl (C=O) groups excluding carboxylic acids is 1. The van der Waals surface area contributed by atoms with Crippen molar-refractivity contribution in [3.63, 3.8) is 0 Å². The number of amides is 1. The van der Waals surface area contributed by atoms with Gasteiger partial charge in [0.25, 0.3) is 5.91 Å². The second kappa shape index (κ2) is 6.00.